The second-order valence-electron chi connectivity index (χ2n) is 5.48. The molecule has 2 N–H and O–H groups in total. The molecule has 1 aromatic carbocycles. The summed E-state index contributed by atoms with van der Waals surface area (Å²) in [7, 11) is 0. The van der Waals surface area contributed by atoms with Gasteiger partial charge in [-0.15, -0.1) is 0 Å². The summed E-state index contributed by atoms with van der Waals surface area (Å²) < 4.78 is 28.1. The molecule has 0 atom stereocenters. The molecule has 0 unspecified atom stereocenters. The third kappa shape index (κ3) is 4.27. The number of pyridine rings is 1. The number of benzene rings is 1. The molecule has 0 saturated carbocycles. The Balaban J connectivity index is 1.85. The zero-order chi connectivity index (χ0) is 19.4. The molecule has 0 aliphatic carbocycles. The van der Waals surface area contributed by atoms with Crippen molar-refractivity contribution >= 4 is 23.3 Å². The molecule has 2 aromatic heterocycles. The summed E-state index contributed by atoms with van der Waals surface area (Å²) >= 11 is 0. The maximum Gasteiger partial charge on any atom is 0.274 e. The molecule has 27 heavy (non-hydrogen) atoms. The van der Waals surface area contributed by atoms with Crippen LogP contribution in [0.25, 0.3) is 0 Å². The van der Waals surface area contributed by atoms with Gasteiger partial charge in [-0.25, -0.2) is 23.7 Å². The van der Waals surface area contributed by atoms with Gasteiger partial charge in [-0.2, -0.15) is 0 Å². The zero-order valence-electron chi connectivity index (χ0n) is 14.0. The Kier molecular flexibility index (Phi) is 5.11. The molecule has 9 heteroatoms. The highest BCUT2D eigenvalue weighted by Gasteiger charge is 2.19. The van der Waals surface area contributed by atoms with Crippen LogP contribution in [-0.4, -0.2) is 26.8 Å². The van der Waals surface area contributed by atoms with Gasteiger partial charge < -0.3 is 10.6 Å². The van der Waals surface area contributed by atoms with Crippen LogP contribution in [-0.2, 0) is 0 Å². The highest BCUT2D eigenvalue weighted by Crippen LogP contribution is 2.21. The number of nitrogens with one attached hydrogen (secondary N) is 2. The van der Waals surface area contributed by atoms with E-state index < -0.39 is 29.0 Å². The highest BCUT2D eigenvalue weighted by molar-refractivity contribution is 6.06. The molecule has 7 nitrogen and oxygen atoms in total. The predicted molar refractivity (Wildman–Crippen MR) is 93.3 cm³/mol. The van der Waals surface area contributed by atoms with Crippen LogP contribution in [0.2, 0.25) is 0 Å². The molecule has 0 aliphatic rings. The van der Waals surface area contributed by atoms with E-state index in [-0.39, 0.29) is 17.2 Å². The Hall–Kier alpha value is -3.75. The van der Waals surface area contributed by atoms with Crippen LogP contribution in [0.3, 0.4) is 0 Å². The summed E-state index contributed by atoms with van der Waals surface area (Å²) in [5.74, 6) is -3.44. The fourth-order valence-electron chi connectivity index (χ4n) is 2.23. The van der Waals surface area contributed by atoms with E-state index in [9.17, 15) is 18.4 Å². The first-order chi connectivity index (χ1) is 12.9. The van der Waals surface area contributed by atoms with Crippen molar-refractivity contribution < 1.29 is 18.4 Å². The van der Waals surface area contributed by atoms with Crippen LogP contribution >= 0.6 is 0 Å². The number of halogens is 2. The maximum absolute atomic E-state index is 14.1. The van der Waals surface area contributed by atoms with Gasteiger partial charge in [-0.3, -0.25) is 9.59 Å². The van der Waals surface area contributed by atoms with E-state index in [0.29, 0.717) is 11.8 Å². The minimum atomic E-state index is -1.07. The first-order valence-corrected chi connectivity index (χ1v) is 7.75. The van der Waals surface area contributed by atoms with Crippen LogP contribution in [0.4, 0.5) is 20.3 Å². The Morgan fingerprint density at radius 1 is 1.00 bits per heavy atom. The Bertz CT molecular complexity index is 1010. The molecular weight excluding hydrogens is 356 g/mol. The summed E-state index contributed by atoms with van der Waals surface area (Å²) in [5.41, 5.74) is -0.158. The standard InChI is InChI=1S/C18H13F2N5O2/c1-10-3-2-4-16(23-10)25-17(26)11-7-15(13(20)8-12(11)19)24-18(27)14-5-6-21-9-22-14/h2-9H,1H3,(H,24,27)(H,23,25,26). The van der Waals surface area contributed by atoms with Crippen LogP contribution in [0.15, 0.2) is 48.9 Å². The largest absolute Gasteiger partial charge is 0.318 e. The number of carbonyl (C=O) groups is 2. The molecule has 0 saturated heterocycles. The Morgan fingerprint density at radius 3 is 2.52 bits per heavy atom. The van der Waals surface area contributed by atoms with E-state index in [1.165, 1.54) is 18.3 Å². The number of amides is 2. The molecule has 2 heterocycles. The first kappa shape index (κ1) is 18.1. The minimum absolute atomic E-state index is 0.0105. The van der Waals surface area contributed by atoms with Crippen molar-refractivity contribution in [1.82, 2.24) is 15.0 Å². The van der Waals surface area contributed by atoms with E-state index in [0.717, 1.165) is 12.4 Å². The number of aryl methyl sites for hydroxylation is 1. The summed E-state index contributed by atoms with van der Waals surface area (Å²) in [4.78, 5) is 35.9. The monoisotopic (exact) mass is 369 g/mol. The molecule has 3 aromatic rings. The van der Waals surface area contributed by atoms with Crippen molar-refractivity contribution in [2.75, 3.05) is 10.6 Å². The van der Waals surface area contributed by atoms with Gasteiger partial charge in [0, 0.05) is 18.0 Å². The van der Waals surface area contributed by atoms with Crippen molar-refractivity contribution in [2.24, 2.45) is 0 Å². The number of rotatable bonds is 4. The molecule has 136 valence electrons. The average molecular weight is 369 g/mol. The number of hydrogen-bond donors (Lipinski definition) is 2. The lowest BCUT2D eigenvalue weighted by molar-refractivity contribution is 0.101. The molecule has 0 bridgehead atoms. The number of anilines is 2. The van der Waals surface area contributed by atoms with Gasteiger partial charge in [0.25, 0.3) is 11.8 Å². The van der Waals surface area contributed by atoms with Gasteiger partial charge in [0.05, 0.1) is 11.3 Å². The lowest BCUT2D eigenvalue weighted by Crippen LogP contribution is -2.18. The quantitative estimate of drug-likeness (QED) is 0.737. The van der Waals surface area contributed by atoms with E-state index in [1.54, 1.807) is 19.1 Å². The molecule has 0 fully saturated rings. The lowest BCUT2D eigenvalue weighted by Gasteiger charge is -2.10. The van der Waals surface area contributed by atoms with Gasteiger partial charge in [0.2, 0.25) is 0 Å². The number of carbonyl (C=O) groups excluding carboxylic acids is 2. The van der Waals surface area contributed by atoms with Crippen molar-refractivity contribution in [3.63, 3.8) is 0 Å². The van der Waals surface area contributed by atoms with E-state index in [2.05, 4.69) is 25.6 Å². The molecule has 0 spiro atoms. The van der Waals surface area contributed by atoms with Gasteiger partial charge in [-0.05, 0) is 31.2 Å². The molecule has 0 radical (unpaired) electrons. The van der Waals surface area contributed by atoms with Crippen LogP contribution in [0, 0.1) is 18.6 Å². The number of hydrogen-bond acceptors (Lipinski definition) is 5. The molecular formula is C18H13F2N5O2. The second kappa shape index (κ2) is 7.65. The SMILES string of the molecule is Cc1cccc(NC(=O)c2cc(NC(=O)c3ccncn3)c(F)cc2F)n1. The van der Waals surface area contributed by atoms with Crippen molar-refractivity contribution in [3.05, 3.63) is 77.5 Å². The van der Waals surface area contributed by atoms with Crippen molar-refractivity contribution in [2.45, 2.75) is 6.92 Å². The van der Waals surface area contributed by atoms with E-state index >= 15 is 0 Å². The summed E-state index contributed by atoms with van der Waals surface area (Å²) in [6.45, 7) is 1.73. The summed E-state index contributed by atoms with van der Waals surface area (Å²) in [6, 6.07) is 7.70. The average Bonchev–Trinajstić information content (AvgIpc) is 2.64. The molecule has 3 rings (SSSR count). The van der Waals surface area contributed by atoms with Crippen LogP contribution < -0.4 is 10.6 Å². The first-order valence-electron chi connectivity index (χ1n) is 7.75. The normalized spacial score (nSPS) is 10.3. The topological polar surface area (TPSA) is 96.9 Å². The van der Waals surface area contributed by atoms with Crippen molar-refractivity contribution in [3.8, 4) is 0 Å². The molecule has 0 aliphatic heterocycles. The third-order valence-corrected chi connectivity index (χ3v) is 3.49. The predicted octanol–water partition coefficient (Wildman–Crippen LogP) is 2.96. The van der Waals surface area contributed by atoms with Crippen LogP contribution in [0.5, 0.6) is 0 Å². The van der Waals surface area contributed by atoms with Gasteiger partial charge in [0.15, 0.2) is 0 Å². The summed E-state index contributed by atoms with van der Waals surface area (Å²) in [5, 5.41) is 4.68. The highest BCUT2D eigenvalue weighted by atomic mass is 19.1. The maximum atomic E-state index is 14.1. The third-order valence-electron chi connectivity index (χ3n) is 3.49. The fourth-order valence-corrected chi connectivity index (χ4v) is 2.23. The Morgan fingerprint density at radius 2 is 1.81 bits per heavy atom. The minimum Gasteiger partial charge on any atom is -0.318 e. The van der Waals surface area contributed by atoms with Crippen molar-refractivity contribution in [1.29, 1.82) is 0 Å². The summed E-state index contributed by atoms with van der Waals surface area (Å²) in [6.07, 6.45) is 2.50. The Labute approximate surface area is 152 Å². The van der Waals surface area contributed by atoms with Gasteiger partial charge >= 0.3 is 0 Å². The van der Waals surface area contributed by atoms with Gasteiger partial charge in [-0.1, -0.05) is 6.07 Å². The zero-order valence-corrected chi connectivity index (χ0v) is 14.0. The second-order valence-corrected chi connectivity index (χ2v) is 5.48. The van der Waals surface area contributed by atoms with E-state index in [4.69, 9.17) is 0 Å². The molecule has 2 amide bonds. The smallest absolute Gasteiger partial charge is 0.274 e. The van der Waals surface area contributed by atoms with Crippen LogP contribution in [0.1, 0.15) is 26.5 Å². The number of nitrogens with zero attached hydrogens (tertiary/aromatic N) is 3. The van der Waals surface area contributed by atoms with Gasteiger partial charge in [0.1, 0.15) is 29.5 Å². The lowest BCUT2D eigenvalue weighted by atomic mass is 10.1. The fraction of sp³-hybridized carbons (Fsp3) is 0.0556. The number of aromatic nitrogens is 3. The van der Waals surface area contributed by atoms with E-state index in [1.807, 2.05) is 0 Å².